The molecule has 0 spiro atoms. The predicted molar refractivity (Wildman–Crippen MR) is 83.8 cm³/mol. The van der Waals surface area contributed by atoms with Gasteiger partial charge in [-0.3, -0.25) is 4.79 Å². The molecular weight excluding hydrogens is 276 g/mol. The largest absolute Gasteiger partial charge is 0.365 e. The molecule has 4 rings (SSSR count). The van der Waals surface area contributed by atoms with E-state index in [0.717, 1.165) is 32.1 Å². The van der Waals surface area contributed by atoms with Crippen LogP contribution in [-0.4, -0.2) is 21.8 Å². The molecule has 0 radical (unpaired) electrons. The Hall–Kier alpha value is -0.670. The minimum atomic E-state index is -1.60. The highest BCUT2D eigenvalue weighted by Gasteiger charge is 2.65. The van der Waals surface area contributed by atoms with Crippen LogP contribution in [0.15, 0.2) is 12.2 Å². The molecule has 3 heteroatoms. The zero-order chi connectivity index (χ0) is 15.8. The van der Waals surface area contributed by atoms with Crippen LogP contribution in [0.4, 0.5) is 0 Å². The van der Waals surface area contributed by atoms with Crippen molar-refractivity contribution in [3.05, 3.63) is 12.2 Å². The monoisotopic (exact) mass is 304 g/mol. The summed E-state index contributed by atoms with van der Waals surface area (Å²) in [5, 5.41) is 21.8. The third kappa shape index (κ3) is 1.73. The molecule has 0 aromatic carbocycles. The van der Waals surface area contributed by atoms with E-state index in [2.05, 4.69) is 26.0 Å². The summed E-state index contributed by atoms with van der Waals surface area (Å²) in [6, 6.07) is 0. The lowest BCUT2D eigenvalue weighted by atomic mass is 9.45. The fraction of sp³-hybridized carbons (Fsp3) is 0.842. The molecule has 0 heterocycles. The number of carbonyl (C=O) groups is 1. The molecule has 6 atom stereocenters. The van der Waals surface area contributed by atoms with Gasteiger partial charge in [0.25, 0.3) is 0 Å². The number of Topliss-reactive ketones (excluding diaryl/α,β-unsaturated/α-hetero) is 1. The molecule has 0 aromatic heterocycles. The van der Waals surface area contributed by atoms with Gasteiger partial charge in [-0.2, -0.15) is 0 Å². The van der Waals surface area contributed by atoms with Crippen molar-refractivity contribution >= 4 is 5.78 Å². The zero-order valence-corrected chi connectivity index (χ0v) is 13.7. The van der Waals surface area contributed by atoms with Crippen molar-refractivity contribution in [2.24, 2.45) is 34.5 Å². The lowest BCUT2D eigenvalue weighted by molar-refractivity contribution is -0.289. The van der Waals surface area contributed by atoms with Crippen molar-refractivity contribution in [1.82, 2.24) is 0 Å². The number of allylic oxidation sites excluding steroid dienone is 2. The van der Waals surface area contributed by atoms with E-state index in [1.165, 1.54) is 0 Å². The Bertz CT molecular complexity index is 537. The highest BCUT2D eigenvalue weighted by atomic mass is 16.5. The second kappa shape index (κ2) is 4.45. The van der Waals surface area contributed by atoms with E-state index in [4.69, 9.17) is 0 Å². The van der Waals surface area contributed by atoms with Crippen molar-refractivity contribution in [1.29, 1.82) is 0 Å². The average molecular weight is 304 g/mol. The molecule has 3 nitrogen and oxygen atoms in total. The summed E-state index contributed by atoms with van der Waals surface area (Å²) in [5.41, 5.74) is -0.246. The maximum atomic E-state index is 12.4. The van der Waals surface area contributed by atoms with Gasteiger partial charge in [0.15, 0.2) is 5.79 Å². The topological polar surface area (TPSA) is 57.5 Å². The number of ketones is 1. The molecule has 122 valence electrons. The molecule has 22 heavy (non-hydrogen) atoms. The van der Waals surface area contributed by atoms with Gasteiger partial charge in [-0.1, -0.05) is 26.0 Å². The summed E-state index contributed by atoms with van der Waals surface area (Å²) < 4.78 is 0. The first-order chi connectivity index (χ1) is 10.3. The van der Waals surface area contributed by atoms with Crippen LogP contribution in [-0.2, 0) is 4.79 Å². The molecule has 0 aliphatic heterocycles. The number of hydrogen-bond acceptors (Lipinski definition) is 3. The Kier molecular flexibility index (Phi) is 3.01. The number of carbonyl (C=O) groups excluding carboxylic acids is 1. The second-order valence-corrected chi connectivity index (χ2v) is 8.78. The zero-order valence-electron chi connectivity index (χ0n) is 13.7. The van der Waals surface area contributed by atoms with Gasteiger partial charge < -0.3 is 10.2 Å². The van der Waals surface area contributed by atoms with Crippen molar-refractivity contribution in [3.8, 4) is 0 Å². The summed E-state index contributed by atoms with van der Waals surface area (Å²) in [6.45, 7) is 4.39. The Morgan fingerprint density at radius 1 is 1.14 bits per heavy atom. The lowest BCUT2D eigenvalue weighted by Gasteiger charge is -2.61. The van der Waals surface area contributed by atoms with E-state index in [9.17, 15) is 15.0 Å². The standard InChI is InChI=1S/C19H28O3/c1-17-9-4-3-5-12(17)11-19(21,22)16-13-6-7-15(20)18(13,2)10-8-14(16)17/h4,9,12-14,16,21-22H,3,5-8,10-11H2,1-2H3/t12?,13-,14+,16-,17-,18-/m0/s1. The molecular formula is C19H28O3. The van der Waals surface area contributed by atoms with E-state index >= 15 is 0 Å². The lowest BCUT2D eigenvalue weighted by Crippen LogP contribution is -2.62. The molecule has 0 bridgehead atoms. The first-order valence-electron chi connectivity index (χ1n) is 8.95. The van der Waals surface area contributed by atoms with Crippen LogP contribution in [0.5, 0.6) is 0 Å². The Labute approximate surface area is 132 Å². The van der Waals surface area contributed by atoms with Crippen molar-refractivity contribution in [2.75, 3.05) is 0 Å². The number of hydrogen-bond donors (Lipinski definition) is 2. The fourth-order valence-corrected chi connectivity index (χ4v) is 6.58. The summed E-state index contributed by atoms with van der Waals surface area (Å²) in [6.07, 6.45) is 10.5. The normalized spacial score (nSPS) is 52.8. The van der Waals surface area contributed by atoms with E-state index in [-0.39, 0.29) is 22.7 Å². The molecule has 0 aromatic rings. The quantitative estimate of drug-likeness (QED) is 0.534. The highest BCUT2D eigenvalue weighted by Crippen LogP contribution is 2.66. The highest BCUT2D eigenvalue weighted by molar-refractivity contribution is 5.87. The van der Waals surface area contributed by atoms with Crippen LogP contribution in [0.25, 0.3) is 0 Å². The molecule has 1 unspecified atom stereocenters. The third-order valence-electron chi connectivity index (χ3n) is 7.90. The van der Waals surface area contributed by atoms with Gasteiger partial charge in [-0.15, -0.1) is 0 Å². The third-order valence-corrected chi connectivity index (χ3v) is 7.90. The summed E-state index contributed by atoms with van der Waals surface area (Å²) >= 11 is 0. The van der Waals surface area contributed by atoms with Gasteiger partial charge in [0.1, 0.15) is 5.78 Å². The van der Waals surface area contributed by atoms with Crippen molar-refractivity contribution in [3.63, 3.8) is 0 Å². The maximum Gasteiger partial charge on any atom is 0.166 e. The molecule has 4 aliphatic carbocycles. The van der Waals surface area contributed by atoms with E-state index < -0.39 is 5.79 Å². The Morgan fingerprint density at radius 3 is 2.68 bits per heavy atom. The first-order valence-corrected chi connectivity index (χ1v) is 8.95. The number of aliphatic hydroxyl groups is 2. The van der Waals surface area contributed by atoms with Crippen LogP contribution in [0.1, 0.15) is 58.8 Å². The molecule has 3 fully saturated rings. The van der Waals surface area contributed by atoms with Crippen LogP contribution in [0, 0.1) is 34.5 Å². The minimum absolute atomic E-state index is 0.0743. The molecule has 3 saturated carbocycles. The molecule has 0 amide bonds. The van der Waals surface area contributed by atoms with E-state index in [0.29, 0.717) is 30.5 Å². The SMILES string of the molecule is C[C@]12C=CCCC1CC(O)(O)[C@@H]1[C@H]2CC[C@]2(C)C(=O)CC[C@@H]12. The van der Waals surface area contributed by atoms with E-state index in [1.54, 1.807) is 0 Å². The summed E-state index contributed by atoms with van der Waals surface area (Å²) in [4.78, 5) is 12.4. The fourth-order valence-electron chi connectivity index (χ4n) is 6.58. The average Bonchev–Trinajstić information content (AvgIpc) is 2.75. The predicted octanol–water partition coefficient (Wildman–Crippen LogP) is 3.06. The van der Waals surface area contributed by atoms with Gasteiger partial charge in [-0.05, 0) is 55.3 Å². The Balaban J connectivity index is 1.79. The number of rotatable bonds is 0. The van der Waals surface area contributed by atoms with Crippen LogP contribution in [0.3, 0.4) is 0 Å². The second-order valence-electron chi connectivity index (χ2n) is 8.78. The van der Waals surface area contributed by atoms with Crippen LogP contribution < -0.4 is 0 Å². The summed E-state index contributed by atoms with van der Waals surface area (Å²) in [5.74, 6) is -0.615. The summed E-state index contributed by atoms with van der Waals surface area (Å²) in [7, 11) is 0. The van der Waals surface area contributed by atoms with Gasteiger partial charge in [-0.25, -0.2) is 0 Å². The molecule has 0 saturated heterocycles. The Morgan fingerprint density at radius 2 is 1.91 bits per heavy atom. The van der Waals surface area contributed by atoms with Gasteiger partial charge >= 0.3 is 0 Å². The minimum Gasteiger partial charge on any atom is -0.365 e. The van der Waals surface area contributed by atoms with Crippen LogP contribution >= 0.6 is 0 Å². The van der Waals surface area contributed by atoms with Crippen LogP contribution in [0.2, 0.25) is 0 Å². The van der Waals surface area contributed by atoms with Gasteiger partial charge in [0.2, 0.25) is 0 Å². The van der Waals surface area contributed by atoms with Crippen molar-refractivity contribution in [2.45, 2.75) is 64.6 Å². The van der Waals surface area contributed by atoms with Crippen molar-refractivity contribution < 1.29 is 15.0 Å². The van der Waals surface area contributed by atoms with Gasteiger partial charge in [0.05, 0.1) is 0 Å². The maximum absolute atomic E-state index is 12.4. The first kappa shape index (κ1) is 14.9. The van der Waals surface area contributed by atoms with E-state index in [1.807, 2.05) is 0 Å². The molecule has 4 aliphatic rings. The molecule has 2 N–H and O–H groups in total. The smallest absolute Gasteiger partial charge is 0.166 e. The number of fused-ring (bicyclic) bond motifs is 5. The van der Waals surface area contributed by atoms with Gasteiger partial charge in [0, 0.05) is 24.2 Å².